The Morgan fingerprint density at radius 2 is 2.19 bits per heavy atom. The molecule has 1 saturated heterocycles. The minimum atomic E-state index is -0.901. The topological polar surface area (TPSA) is 55.8 Å². The minimum absolute atomic E-state index is 0.163. The van der Waals surface area contributed by atoms with E-state index in [9.17, 15) is 4.79 Å². The molecule has 1 fully saturated rings. The molecule has 0 spiro atoms. The van der Waals surface area contributed by atoms with E-state index in [0.717, 1.165) is 21.9 Å². The van der Waals surface area contributed by atoms with Crippen molar-refractivity contribution in [2.45, 2.75) is 51.7 Å². The van der Waals surface area contributed by atoms with Gasteiger partial charge in [-0.3, -0.25) is 0 Å². The number of hydrogen-bond acceptors (Lipinski definition) is 3. The highest BCUT2D eigenvalue weighted by molar-refractivity contribution is 6.31. The molecule has 21 heavy (non-hydrogen) atoms. The van der Waals surface area contributed by atoms with Crippen molar-refractivity contribution in [2.75, 3.05) is 6.61 Å². The van der Waals surface area contributed by atoms with Crippen LogP contribution in [0.5, 0.6) is 5.75 Å². The maximum Gasteiger partial charge on any atom is 0.332 e. The average molecular weight is 313 g/mol. The Morgan fingerprint density at radius 1 is 1.48 bits per heavy atom. The summed E-state index contributed by atoms with van der Waals surface area (Å²) in [5, 5.41) is 9.66. The predicted molar refractivity (Wildman–Crippen MR) is 81.3 cm³/mol. The molecule has 1 aromatic carbocycles. The lowest BCUT2D eigenvalue weighted by Crippen LogP contribution is -2.23. The van der Waals surface area contributed by atoms with E-state index in [2.05, 4.69) is 13.8 Å². The first-order chi connectivity index (χ1) is 9.88. The van der Waals surface area contributed by atoms with Crippen LogP contribution in [0, 0.1) is 6.92 Å². The highest BCUT2D eigenvalue weighted by Gasteiger charge is 2.30. The second-order valence-corrected chi connectivity index (χ2v) is 6.17. The van der Waals surface area contributed by atoms with Gasteiger partial charge in [-0.2, -0.15) is 0 Å². The molecular weight excluding hydrogens is 292 g/mol. The normalized spacial score (nSPS) is 21.8. The van der Waals surface area contributed by atoms with Crippen molar-refractivity contribution in [3.05, 3.63) is 28.3 Å². The van der Waals surface area contributed by atoms with Gasteiger partial charge in [0.05, 0.1) is 6.10 Å². The zero-order chi connectivity index (χ0) is 15.6. The van der Waals surface area contributed by atoms with Crippen molar-refractivity contribution in [3.63, 3.8) is 0 Å². The van der Waals surface area contributed by atoms with Crippen LogP contribution in [0.1, 0.15) is 43.7 Å². The fourth-order valence-electron chi connectivity index (χ4n) is 2.46. The van der Waals surface area contributed by atoms with Gasteiger partial charge in [0.25, 0.3) is 0 Å². The Kier molecular flexibility index (Phi) is 5.12. The van der Waals surface area contributed by atoms with Crippen molar-refractivity contribution < 1.29 is 19.4 Å². The van der Waals surface area contributed by atoms with E-state index < -0.39 is 12.1 Å². The predicted octanol–water partition coefficient (Wildman–Crippen LogP) is 3.78. The molecule has 1 aliphatic rings. The molecule has 2 atom stereocenters. The number of halogens is 1. The summed E-state index contributed by atoms with van der Waals surface area (Å²) in [7, 11) is 0. The number of aryl methyl sites for hydroxylation is 1. The van der Waals surface area contributed by atoms with Crippen LogP contribution in [0.4, 0.5) is 0 Å². The van der Waals surface area contributed by atoms with E-state index in [1.807, 2.05) is 19.1 Å². The van der Waals surface area contributed by atoms with Gasteiger partial charge in [0.2, 0.25) is 0 Å². The van der Waals surface area contributed by atoms with Crippen LogP contribution in [0.3, 0.4) is 0 Å². The van der Waals surface area contributed by atoms with Gasteiger partial charge in [-0.05, 0) is 48.9 Å². The van der Waals surface area contributed by atoms with Crippen molar-refractivity contribution in [2.24, 2.45) is 0 Å². The lowest BCUT2D eigenvalue weighted by atomic mass is 10.0. The van der Waals surface area contributed by atoms with Crippen LogP contribution in [0.25, 0.3) is 0 Å². The molecule has 1 N–H and O–H groups in total. The van der Waals surface area contributed by atoms with Gasteiger partial charge in [0.15, 0.2) is 6.10 Å². The van der Waals surface area contributed by atoms with Gasteiger partial charge in [-0.25, -0.2) is 4.79 Å². The maximum absolute atomic E-state index is 10.9. The molecule has 1 aromatic rings. The lowest BCUT2D eigenvalue weighted by molar-refractivity contribution is -0.149. The second-order valence-electron chi connectivity index (χ2n) is 5.77. The van der Waals surface area contributed by atoms with E-state index in [1.54, 1.807) is 0 Å². The Balaban J connectivity index is 2.00. The van der Waals surface area contributed by atoms with Gasteiger partial charge >= 0.3 is 5.97 Å². The molecule has 0 saturated carbocycles. The smallest absolute Gasteiger partial charge is 0.332 e. The first-order valence-corrected chi connectivity index (χ1v) is 7.57. The molecule has 0 aromatic heterocycles. The Bertz CT molecular complexity index is 527. The molecule has 0 bridgehead atoms. The molecule has 1 heterocycles. The number of ether oxygens (including phenoxy) is 2. The van der Waals surface area contributed by atoms with Gasteiger partial charge in [0.1, 0.15) is 12.4 Å². The van der Waals surface area contributed by atoms with Crippen LogP contribution >= 0.6 is 11.6 Å². The molecule has 116 valence electrons. The molecule has 2 unspecified atom stereocenters. The van der Waals surface area contributed by atoms with Crippen LogP contribution < -0.4 is 4.74 Å². The number of carboxylic acids is 1. The zero-order valence-electron chi connectivity index (χ0n) is 12.6. The summed E-state index contributed by atoms with van der Waals surface area (Å²) < 4.78 is 11.3. The standard InChI is InChI=1S/C16H21ClO4/c1-9(2)12-7-15(10(3)6-13(12)17)20-8-11-4-5-14(21-11)16(18)19/h6-7,9,11,14H,4-5,8H2,1-3H3,(H,18,19). The number of hydrogen-bond donors (Lipinski definition) is 1. The molecule has 5 heteroatoms. The van der Waals surface area contributed by atoms with E-state index in [0.29, 0.717) is 25.4 Å². The number of aliphatic carboxylic acids is 1. The monoisotopic (exact) mass is 312 g/mol. The first-order valence-electron chi connectivity index (χ1n) is 7.19. The van der Waals surface area contributed by atoms with E-state index in [4.69, 9.17) is 26.2 Å². The summed E-state index contributed by atoms with van der Waals surface area (Å²) in [5.74, 6) is 0.201. The second kappa shape index (κ2) is 6.67. The maximum atomic E-state index is 10.9. The quantitative estimate of drug-likeness (QED) is 0.899. The molecule has 1 aliphatic heterocycles. The SMILES string of the molecule is Cc1cc(Cl)c(C(C)C)cc1OCC1CCC(C(=O)O)O1. The van der Waals surface area contributed by atoms with Gasteiger partial charge in [-0.1, -0.05) is 25.4 Å². The molecule has 0 aliphatic carbocycles. The fraction of sp³-hybridized carbons (Fsp3) is 0.562. The molecule has 4 nitrogen and oxygen atoms in total. The van der Waals surface area contributed by atoms with Crippen LogP contribution in [0.2, 0.25) is 5.02 Å². The number of benzene rings is 1. The van der Waals surface area contributed by atoms with E-state index >= 15 is 0 Å². The van der Waals surface area contributed by atoms with Crippen LogP contribution in [-0.2, 0) is 9.53 Å². The highest BCUT2D eigenvalue weighted by atomic mass is 35.5. The molecule has 0 radical (unpaired) electrons. The van der Waals surface area contributed by atoms with Gasteiger partial charge in [0, 0.05) is 5.02 Å². The Hall–Kier alpha value is -1.26. The third kappa shape index (κ3) is 3.89. The van der Waals surface area contributed by atoms with Gasteiger partial charge in [-0.15, -0.1) is 0 Å². The Morgan fingerprint density at radius 3 is 2.76 bits per heavy atom. The molecule has 2 rings (SSSR count). The average Bonchev–Trinajstić information content (AvgIpc) is 2.86. The number of rotatable bonds is 5. The fourth-order valence-corrected chi connectivity index (χ4v) is 2.90. The summed E-state index contributed by atoms with van der Waals surface area (Å²) in [6.07, 6.45) is 0.390. The Labute approximate surface area is 130 Å². The van der Waals surface area contributed by atoms with Crippen molar-refractivity contribution >= 4 is 17.6 Å². The molecule has 0 amide bonds. The van der Waals surface area contributed by atoms with E-state index in [1.165, 1.54) is 0 Å². The molecular formula is C16H21ClO4. The summed E-state index contributed by atoms with van der Waals surface area (Å²) in [6.45, 7) is 6.47. The van der Waals surface area contributed by atoms with Gasteiger partial charge < -0.3 is 14.6 Å². The third-order valence-electron chi connectivity index (χ3n) is 3.72. The first kappa shape index (κ1) is 16.1. The zero-order valence-corrected chi connectivity index (χ0v) is 13.3. The van der Waals surface area contributed by atoms with Crippen LogP contribution in [0.15, 0.2) is 12.1 Å². The summed E-state index contributed by atoms with van der Waals surface area (Å²) in [5.41, 5.74) is 2.02. The number of carboxylic acid groups (broad SMARTS) is 1. The summed E-state index contributed by atoms with van der Waals surface area (Å²) in [6, 6.07) is 3.87. The highest BCUT2D eigenvalue weighted by Crippen LogP contribution is 2.32. The van der Waals surface area contributed by atoms with Crippen molar-refractivity contribution in [1.82, 2.24) is 0 Å². The largest absolute Gasteiger partial charge is 0.491 e. The minimum Gasteiger partial charge on any atom is -0.491 e. The lowest BCUT2D eigenvalue weighted by Gasteiger charge is -2.17. The van der Waals surface area contributed by atoms with Crippen molar-refractivity contribution in [1.29, 1.82) is 0 Å². The van der Waals surface area contributed by atoms with E-state index in [-0.39, 0.29) is 6.10 Å². The summed E-state index contributed by atoms with van der Waals surface area (Å²) >= 11 is 6.23. The number of carbonyl (C=O) groups is 1. The third-order valence-corrected chi connectivity index (χ3v) is 4.05. The van der Waals surface area contributed by atoms with Crippen LogP contribution in [-0.4, -0.2) is 29.9 Å². The van der Waals surface area contributed by atoms with Crippen molar-refractivity contribution in [3.8, 4) is 5.75 Å². The summed E-state index contributed by atoms with van der Waals surface area (Å²) in [4.78, 5) is 10.9.